The first-order chi connectivity index (χ1) is 28.7. The second kappa shape index (κ2) is 20.2. The topological polar surface area (TPSA) is 154 Å². The average Bonchev–Trinajstić information content (AvgIpc) is 3.86. The van der Waals surface area contributed by atoms with Crippen molar-refractivity contribution in [1.29, 1.82) is 0 Å². The van der Waals surface area contributed by atoms with Crippen LogP contribution >= 0.6 is 11.6 Å². The molecule has 0 saturated carbocycles. The van der Waals surface area contributed by atoms with E-state index in [-0.39, 0.29) is 43.4 Å². The van der Waals surface area contributed by atoms with Gasteiger partial charge in [-0.15, -0.1) is 0 Å². The van der Waals surface area contributed by atoms with Crippen LogP contribution in [0.15, 0.2) is 24.3 Å². The van der Waals surface area contributed by atoms with E-state index in [1.54, 1.807) is 42.7 Å². The number of hydrogen-bond acceptors (Lipinski definition) is 12. The number of aliphatic hydroxyl groups excluding tert-OH is 1. The van der Waals surface area contributed by atoms with Crippen molar-refractivity contribution in [3.05, 3.63) is 34.9 Å². The van der Waals surface area contributed by atoms with E-state index < -0.39 is 89.8 Å². The van der Waals surface area contributed by atoms with E-state index in [0.717, 1.165) is 18.4 Å². The van der Waals surface area contributed by atoms with Crippen LogP contribution in [0.4, 0.5) is 9.59 Å². The van der Waals surface area contributed by atoms with Crippen molar-refractivity contribution in [1.82, 2.24) is 14.7 Å². The number of likely N-dealkylation sites (N-methyl/N-ethyl adjacent to an activating group) is 1. The second-order valence-corrected chi connectivity index (χ2v) is 19.3. The molecule has 5 rings (SSSR count). The smallest absolute Gasteiger partial charge is 0.410 e. The van der Waals surface area contributed by atoms with Gasteiger partial charge in [0.2, 0.25) is 0 Å². The van der Waals surface area contributed by atoms with Gasteiger partial charge in [-0.25, -0.2) is 9.59 Å². The van der Waals surface area contributed by atoms with Crippen LogP contribution in [0.5, 0.6) is 0 Å². The lowest BCUT2D eigenvalue weighted by Gasteiger charge is -2.49. The third kappa shape index (κ3) is 10.5. The van der Waals surface area contributed by atoms with Crippen LogP contribution in [0.25, 0.3) is 0 Å². The number of hydrogen-bond donors (Lipinski definition) is 1. The molecule has 1 N–H and O–H groups in total. The van der Waals surface area contributed by atoms with Gasteiger partial charge in [0.25, 0.3) is 0 Å². The molecule has 4 heterocycles. The summed E-state index contributed by atoms with van der Waals surface area (Å²) in [7, 11) is 3.50. The van der Waals surface area contributed by atoms with Crippen molar-refractivity contribution in [2.24, 2.45) is 23.7 Å². The summed E-state index contributed by atoms with van der Waals surface area (Å²) in [6.07, 6.45) is -3.62. The zero-order chi connectivity index (χ0) is 45.1. The van der Waals surface area contributed by atoms with E-state index in [1.165, 1.54) is 7.11 Å². The molecule has 4 aliphatic heterocycles. The van der Waals surface area contributed by atoms with Crippen LogP contribution in [-0.4, -0.2) is 144 Å². The molecule has 0 bridgehead atoms. The van der Waals surface area contributed by atoms with Crippen molar-refractivity contribution < 1.29 is 52.7 Å². The molecule has 2 amide bonds. The molecular formula is C46H72ClN3O11. The van der Waals surface area contributed by atoms with Crippen LogP contribution in [0.1, 0.15) is 107 Å². The number of amides is 2. The van der Waals surface area contributed by atoms with E-state index in [1.807, 2.05) is 53.8 Å². The van der Waals surface area contributed by atoms with Crippen LogP contribution in [0, 0.1) is 23.7 Å². The summed E-state index contributed by atoms with van der Waals surface area (Å²) in [6.45, 7) is 19.9. The number of halogens is 1. The van der Waals surface area contributed by atoms with Gasteiger partial charge < -0.3 is 38.4 Å². The molecule has 1 aromatic rings. The highest BCUT2D eigenvalue weighted by Gasteiger charge is 2.60. The molecule has 0 radical (unpaired) electrons. The normalized spacial score (nSPS) is 38.0. The molecule has 14 atom stereocenters. The van der Waals surface area contributed by atoms with E-state index in [2.05, 4.69) is 18.7 Å². The molecule has 0 spiro atoms. The zero-order valence-electron chi connectivity index (χ0n) is 38.4. The number of esters is 1. The van der Waals surface area contributed by atoms with Gasteiger partial charge >= 0.3 is 18.2 Å². The Morgan fingerprint density at radius 2 is 1.67 bits per heavy atom. The Bertz CT molecular complexity index is 1680. The standard InChI is InChI=1S/C46H72ClN3O11/c1-13-35-46(10)39(50(44(55)61-46)23-20-32-16-18-33(47)19-17-32)29(6)36(51)27(4)25-45(9,56-12)40(60-42-37(52)34(24-28(5)57-42)48(11)26(2)3)30(7)38(31(8)41(53)58-35)59-43(54)49-21-14-15-22-49/h16-19,26-31,34-35,37-40,42,52H,13-15,20-25H2,1-12H3/t27-,28-,29+,30+,31-,34+,35-,37-,38+,39-,40-,42?,45+,46-/m1/s1. The summed E-state index contributed by atoms with van der Waals surface area (Å²) in [4.78, 5) is 62.8. The fourth-order valence-corrected chi connectivity index (χ4v) is 10.5. The second-order valence-electron chi connectivity index (χ2n) is 18.8. The first-order valence-corrected chi connectivity index (χ1v) is 22.7. The average molecular weight is 879 g/mol. The molecule has 15 heteroatoms. The van der Waals surface area contributed by atoms with Gasteiger partial charge in [-0.3, -0.25) is 19.4 Å². The van der Waals surface area contributed by atoms with Crippen LogP contribution in [0.2, 0.25) is 5.02 Å². The molecule has 4 aliphatic rings. The summed E-state index contributed by atoms with van der Waals surface area (Å²) in [5.74, 6) is -4.05. The van der Waals surface area contributed by atoms with Gasteiger partial charge in [-0.2, -0.15) is 0 Å². The number of rotatable bonds is 10. The molecule has 344 valence electrons. The van der Waals surface area contributed by atoms with Gasteiger partial charge in [0.05, 0.1) is 29.8 Å². The predicted octanol–water partition coefficient (Wildman–Crippen LogP) is 6.90. The number of ether oxygens (including phenoxy) is 6. The van der Waals surface area contributed by atoms with E-state index in [4.69, 9.17) is 40.0 Å². The summed E-state index contributed by atoms with van der Waals surface area (Å²) in [5.41, 5.74) is -1.75. The Morgan fingerprint density at radius 1 is 1.03 bits per heavy atom. The zero-order valence-corrected chi connectivity index (χ0v) is 39.2. The fourth-order valence-electron chi connectivity index (χ4n) is 10.3. The number of aliphatic hydroxyl groups is 1. The molecule has 14 nitrogen and oxygen atoms in total. The highest BCUT2D eigenvalue weighted by molar-refractivity contribution is 6.30. The number of likely N-dealkylation sites (tertiary alicyclic amines) is 1. The van der Waals surface area contributed by atoms with Crippen molar-refractivity contribution in [3.63, 3.8) is 0 Å². The Morgan fingerprint density at radius 3 is 2.26 bits per heavy atom. The van der Waals surface area contributed by atoms with Crippen LogP contribution in [-0.2, 0) is 44.4 Å². The minimum absolute atomic E-state index is 0.126. The first kappa shape index (κ1) is 49.0. The molecule has 4 saturated heterocycles. The number of methoxy groups -OCH3 is 1. The summed E-state index contributed by atoms with van der Waals surface area (Å²) >= 11 is 6.16. The molecule has 4 fully saturated rings. The Balaban J connectivity index is 1.60. The number of Topliss-reactive ketones (excluding diaryl/α,β-unsaturated/α-hetero) is 1. The van der Waals surface area contributed by atoms with Gasteiger partial charge in [-0.05, 0) is 105 Å². The minimum atomic E-state index is -1.42. The Labute approximate surface area is 368 Å². The number of fused-ring (bicyclic) bond motifs is 1. The van der Waals surface area contributed by atoms with E-state index in [9.17, 15) is 24.3 Å². The van der Waals surface area contributed by atoms with Crippen LogP contribution in [0.3, 0.4) is 0 Å². The van der Waals surface area contributed by atoms with Crippen LogP contribution < -0.4 is 0 Å². The lowest BCUT2D eigenvalue weighted by molar-refractivity contribution is -0.302. The largest absolute Gasteiger partial charge is 0.458 e. The monoisotopic (exact) mass is 877 g/mol. The van der Waals surface area contributed by atoms with Crippen molar-refractivity contribution >= 4 is 35.5 Å². The fraction of sp³-hybridized carbons (Fsp3) is 0.783. The summed E-state index contributed by atoms with van der Waals surface area (Å²) < 4.78 is 38.7. The number of benzene rings is 1. The molecular weight excluding hydrogens is 806 g/mol. The number of carbonyl (C=O) groups is 4. The number of cyclic esters (lactones) is 1. The quantitative estimate of drug-likeness (QED) is 0.192. The lowest BCUT2D eigenvalue weighted by atomic mass is 9.73. The third-order valence-electron chi connectivity index (χ3n) is 14.2. The van der Waals surface area contributed by atoms with Crippen molar-refractivity contribution in [2.75, 3.05) is 33.8 Å². The summed E-state index contributed by atoms with van der Waals surface area (Å²) in [5, 5.41) is 12.5. The first-order valence-electron chi connectivity index (χ1n) is 22.4. The maximum Gasteiger partial charge on any atom is 0.410 e. The maximum atomic E-state index is 14.9. The highest BCUT2D eigenvalue weighted by Crippen LogP contribution is 2.44. The maximum absolute atomic E-state index is 14.9. The molecule has 61 heavy (non-hydrogen) atoms. The third-order valence-corrected chi connectivity index (χ3v) is 14.4. The Hall–Kier alpha value is -3.01. The minimum Gasteiger partial charge on any atom is -0.458 e. The molecule has 0 aromatic heterocycles. The molecule has 1 aromatic carbocycles. The van der Waals surface area contributed by atoms with Gasteiger partial charge in [0, 0.05) is 61.6 Å². The van der Waals surface area contributed by atoms with Crippen molar-refractivity contribution in [2.45, 2.75) is 174 Å². The van der Waals surface area contributed by atoms with E-state index in [0.29, 0.717) is 31.0 Å². The van der Waals surface area contributed by atoms with Crippen molar-refractivity contribution in [3.8, 4) is 0 Å². The predicted molar refractivity (Wildman–Crippen MR) is 230 cm³/mol. The number of nitrogens with zero attached hydrogens (tertiary/aromatic N) is 3. The molecule has 1 unspecified atom stereocenters. The van der Waals surface area contributed by atoms with E-state index >= 15 is 0 Å². The number of carbonyl (C=O) groups excluding carboxylic acids is 4. The highest BCUT2D eigenvalue weighted by atomic mass is 35.5. The summed E-state index contributed by atoms with van der Waals surface area (Å²) in [6, 6.07) is 6.38. The lowest BCUT2D eigenvalue weighted by Crippen LogP contribution is -2.61. The van der Waals surface area contributed by atoms with Gasteiger partial charge in [0.1, 0.15) is 24.1 Å². The molecule has 0 aliphatic carbocycles. The SMILES string of the molecule is CC[C@H]1OC(=O)[C@H](C)[C@@H](OC(=O)N2CCCC2)[C@H](C)[C@@H](OC2O[C@H](C)C[C@H](N(C)C(C)C)[C@H]2O)[C@@](C)(OC)C[C@@H](C)C(=O)[C@H](C)[C@H]2N(CCc3ccc(Cl)cc3)C(=O)O[C@]12C. The Kier molecular flexibility index (Phi) is 16.2. The van der Waals surface area contributed by atoms with Gasteiger partial charge in [0.15, 0.2) is 11.9 Å². The van der Waals surface area contributed by atoms with Gasteiger partial charge in [-0.1, -0.05) is 51.4 Å². The number of ketones is 1.